The van der Waals surface area contributed by atoms with E-state index in [-0.39, 0.29) is 23.8 Å². The molecule has 6 nitrogen and oxygen atoms in total. The van der Waals surface area contributed by atoms with Crippen molar-refractivity contribution in [1.29, 1.82) is 0 Å². The normalized spacial score (nSPS) is 27.4. The molecule has 1 N–H and O–H groups in total. The highest BCUT2D eigenvalue weighted by Gasteiger charge is 2.42. The van der Waals surface area contributed by atoms with Crippen molar-refractivity contribution in [3.63, 3.8) is 0 Å². The standard InChI is InChI=1S/C17H24N4O2/c1-2-7-21-13-6-5-12(16(21)22)9-20(10-13)17(23)15-8-14(18-19-15)11-3-4-11/h8,11-13H,2-7,9-10H2,1H3,(H,18,19). The van der Waals surface area contributed by atoms with Crippen LogP contribution in [0.5, 0.6) is 0 Å². The summed E-state index contributed by atoms with van der Waals surface area (Å²) in [5.74, 6) is 0.729. The Morgan fingerprint density at radius 2 is 2.04 bits per heavy atom. The molecule has 4 aliphatic rings. The second-order valence-corrected chi connectivity index (χ2v) is 7.15. The van der Waals surface area contributed by atoms with Gasteiger partial charge in [0, 0.05) is 37.3 Å². The molecular weight excluding hydrogens is 292 g/mol. The Hall–Kier alpha value is -1.85. The van der Waals surface area contributed by atoms with Crippen molar-refractivity contribution in [3.8, 4) is 0 Å². The summed E-state index contributed by atoms with van der Waals surface area (Å²) in [6.45, 7) is 4.08. The van der Waals surface area contributed by atoms with Crippen LogP contribution in [-0.4, -0.2) is 57.5 Å². The molecule has 1 aliphatic carbocycles. The minimum Gasteiger partial charge on any atom is -0.338 e. The maximum absolute atomic E-state index is 12.8. The molecule has 2 atom stereocenters. The Bertz CT molecular complexity index is 622. The molecule has 1 saturated carbocycles. The maximum atomic E-state index is 12.8. The third-order valence-electron chi connectivity index (χ3n) is 5.38. The zero-order valence-corrected chi connectivity index (χ0v) is 13.6. The smallest absolute Gasteiger partial charge is 0.274 e. The fourth-order valence-corrected chi connectivity index (χ4v) is 3.95. The van der Waals surface area contributed by atoms with Crippen LogP contribution in [0.15, 0.2) is 6.07 Å². The molecule has 6 heteroatoms. The number of carbonyl (C=O) groups excluding carboxylic acids is 2. The first-order valence-corrected chi connectivity index (χ1v) is 8.82. The van der Waals surface area contributed by atoms with Gasteiger partial charge < -0.3 is 9.80 Å². The van der Waals surface area contributed by atoms with E-state index in [9.17, 15) is 9.59 Å². The van der Waals surface area contributed by atoms with Gasteiger partial charge in [0.2, 0.25) is 5.91 Å². The number of aromatic amines is 1. The summed E-state index contributed by atoms with van der Waals surface area (Å²) < 4.78 is 0. The lowest BCUT2D eigenvalue weighted by atomic mass is 9.94. The topological polar surface area (TPSA) is 69.3 Å². The molecule has 124 valence electrons. The predicted molar refractivity (Wildman–Crippen MR) is 85.0 cm³/mol. The van der Waals surface area contributed by atoms with Crippen LogP contribution in [0.4, 0.5) is 0 Å². The molecule has 0 spiro atoms. The lowest BCUT2D eigenvalue weighted by molar-refractivity contribution is -0.139. The Balaban J connectivity index is 1.52. The van der Waals surface area contributed by atoms with E-state index >= 15 is 0 Å². The van der Waals surface area contributed by atoms with E-state index in [2.05, 4.69) is 17.1 Å². The summed E-state index contributed by atoms with van der Waals surface area (Å²) in [6, 6.07) is 2.07. The summed E-state index contributed by atoms with van der Waals surface area (Å²) in [5.41, 5.74) is 1.58. The molecular formula is C17H24N4O2. The third-order valence-corrected chi connectivity index (χ3v) is 5.38. The number of hydrogen-bond acceptors (Lipinski definition) is 3. The number of nitrogens with one attached hydrogen (secondary N) is 1. The Labute approximate surface area is 136 Å². The number of carbonyl (C=O) groups is 2. The first-order valence-electron chi connectivity index (χ1n) is 8.82. The first kappa shape index (κ1) is 14.7. The second kappa shape index (κ2) is 5.65. The molecule has 0 aromatic carbocycles. The van der Waals surface area contributed by atoms with Crippen molar-refractivity contribution in [3.05, 3.63) is 17.5 Å². The maximum Gasteiger partial charge on any atom is 0.274 e. The van der Waals surface area contributed by atoms with Gasteiger partial charge >= 0.3 is 0 Å². The third kappa shape index (κ3) is 2.64. The number of nitrogens with zero attached hydrogens (tertiary/aromatic N) is 3. The number of aromatic nitrogens is 2. The molecule has 23 heavy (non-hydrogen) atoms. The average molecular weight is 316 g/mol. The van der Waals surface area contributed by atoms with Crippen molar-refractivity contribution in [2.45, 2.75) is 51.0 Å². The molecule has 1 aromatic rings. The molecule has 1 aromatic heterocycles. The van der Waals surface area contributed by atoms with Crippen LogP contribution in [-0.2, 0) is 4.79 Å². The van der Waals surface area contributed by atoms with Gasteiger partial charge in [0.25, 0.3) is 5.91 Å². The van der Waals surface area contributed by atoms with Gasteiger partial charge in [-0.3, -0.25) is 14.7 Å². The Morgan fingerprint density at radius 1 is 1.26 bits per heavy atom. The van der Waals surface area contributed by atoms with Gasteiger partial charge in [-0.05, 0) is 38.2 Å². The van der Waals surface area contributed by atoms with Gasteiger partial charge in [0.1, 0.15) is 5.69 Å². The summed E-state index contributed by atoms with van der Waals surface area (Å²) in [6.07, 6.45) is 5.25. The number of piperidine rings is 1. The van der Waals surface area contributed by atoms with E-state index in [1.807, 2.05) is 15.9 Å². The van der Waals surface area contributed by atoms with E-state index in [0.717, 1.165) is 31.5 Å². The van der Waals surface area contributed by atoms with E-state index in [0.29, 0.717) is 24.7 Å². The van der Waals surface area contributed by atoms with Gasteiger partial charge in [-0.1, -0.05) is 6.92 Å². The van der Waals surface area contributed by atoms with Crippen LogP contribution in [0.1, 0.15) is 61.1 Å². The zero-order valence-electron chi connectivity index (χ0n) is 13.6. The molecule has 4 fully saturated rings. The zero-order chi connectivity index (χ0) is 16.0. The second-order valence-electron chi connectivity index (χ2n) is 7.15. The molecule has 2 bridgehead atoms. The molecule has 2 amide bonds. The van der Waals surface area contributed by atoms with Gasteiger partial charge in [0.15, 0.2) is 0 Å². The summed E-state index contributed by atoms with van der Waals surface area (Å²) >= 11 is 0. The van der Waals surface area contributed by atoms with E-state index in [4.69, 9.17) is 0 Å². The van der Waals surface area contributed by atoms with E-state index in [1.165, 1.54) is 12.8 Å². The monoisotopic (exact) mass is 316 g/mol. The van der Waals surface area contributed by atoms with Gasteiger partial charge in [0.05, 0.1) is 5.92 Å². The summed E-state index contributed by atoms with van der Waals surface area (Å²) in [7, 11) is 0. The quantitative estimate of drug-likeness (QED) is 0.920. The molecule has 5 rings (SSSR count). The van der Waals surface area contributed by atoms with Crippen LogP contribution in [0.2, 0.25) is 0 Å². The Morgan fingerprint density at radius 3 is 2.78 bits per heavy atom. The molecule has 4 heterocycles. The SMILES string of the molecule is CCCN1C(=O)C2CCC1CN(C(=O)c1cc(C3CC3)[nH]n1)C2. The minimum atomic E-state index is -0.0360. The molecule has 2 unspecified atom stereocenters. The summed E-state index contributed by atoms with van der Waals surface area (Å²) in [4.78, 5) is 29.2. The number of H-pyrrole nitrogens is 1. The molecule has 3 saturated heterocycles. The van der Waals surface area contributed by atoms with Crippen LogP contribution >= 0.6 is 0 Å². The predicted octanol–water partition coefficient (Wildman–Crippen LogP) is 1.76. The summed E-state index contributed by atoms with van der Waals surface area (Å²) in [5, 5.41) is 7.22. The van der Waals surface area contributed by atoms with Crippen LogP contribution in [0.25, 0.3) is 0 Å². The average Bonchev–Trinajstić information content (AvgIpc) is 3.34. The van der Waals surface area contributed by atoms with Crippen molar-refractivity contribution in [2.75, 3.05) is 19.6 Å². The highest BCUT2D eigenvalue weighted by molar-refractivity contribution is 5.93. The highest BCUT2D eigenvalue weighted by Crippen LogP contribution is 2.39. The largest absolute Gasteiger partial charge is 0.338 e. The highest BCUT2D eigenvalue weighted by atomic mass is 16.2. The van der Waals surface area contributed by atoms with Crippen molar-refractivity contribution in [2.24, 2.45) is 5.92 Å². The van der Waals surface area contributed by atoms with Crippen LogP contribution in [0, 0.1) is 5.92 Å². The number of hydrogen-bond donors (Lipinski definition) is 1. The van der Waals surface area contributed by atoms with Gasteiger partial charge in [-0.2, -0.15) is 5.10 Å². The Kier molecular flexibility index (Phi) is 3.62. The van der Waals surface area contributed by atoms with Gasteiger partial charge in [-0.25, -0.2) is 0 Å². The fraction of sp³-hybridized carbons (Fsp3) is 0.706. The van der Waals surface area contributed by atoms with E-state index < -0.39 is 0 Å². The van der Waals surface area contributed by atoms with Crippen LogP contribution < -0.4 is 0 Å². The number of rotatable bonds is 4. The van der Waals surface area contributed by atoms with Crippen molar-refractivity contribution in [1.82, 2.24) is 20.0 Å². The lowest BCUT2D eigenvalue weighted by Crippen LogP contribution is -2.48. The van der Waals surface area contributed by atoms with Crippen LogP contribution in [0.3, 0.4) is 0 Å². The first-order chi connectivity index (χ1) is 11.2. The fourth-order valence-electron chi connectivity index (χ4n) is 3.95. The van der Waals surface area contributed by atoms with E-state index in [1.54, 1.807) is 0 Å². The number of fused-ring (bicyclic) bond motifs is 4. The molecule has 3 aliphatic heterocycles. The lowest BCUT2D eigenvalue weighted by Gasteiger charge is -2.35. The van der Waals surface area contributed by atoms with Gasteiger partial charge in [-0.15, -0.1) is 0 Å². The van der Waals surface area contributed by atoms with Crippen molar-refractivity contribution >= 4 is 11.8 Å². The molecule has 0 radical (unpaired) electrons. The number of amides is 2. The minimum absolute atomic E-state index is 0.0313. The van der Waals surface area contributed by atoms with Crippen molar-refractivity contribution < 1.29 is 9.59 Å².